The van der Waals surface area contributed by atoms with Crippen LogP contribution in [-0.4, -0.2) is 15.8 Å². The van der Waals surface area contributed by atoms with Crippen molar-refractivity contribution in [1.82, 2.24) is 9.97 Å². The van der Waals surface area contributed by atoms with Gasteiger partial charge < -0.3 is 0 Å². The lowest BCUT2D eigenvalue weighted by atomic mass is 10.1. The van der Waals surface area contributed by atoms with Gasteiger partial charge in [0.15, 0.2) is 5.78 Å². The third kappa shape index (κ3) is 1.80. The molecule has 0 aliphatic heterocycles. The number of carbonyl (C=O) groups excluding carboxylic acids is 1. The van der Waals surface area contributed by atoms with Crippen LogP contribution in [0.5, 0.6) is 0 Å². The number of benzene rings is 1. The van der Waals surface area contributed by atoms with Crippen LogP contribution in [0.25, 0.3) is 21.5 Å². The first-order valence-electron chi connectivity index (χ1n) is 5.56. The largest absolute Gasteiger partial charge is 0.293 e. The Labute approximate surface area is 108 Å². The molecule has 0 aliphatic rings. The van der Waals surface area contributed by atoms with Crippen molar-refractivity contribution in [3.63, 3.8) is 0 Å². The Hall–Kier alpha value is -2.07. The molecule has 1 aromatic carbocycles. The molecule has 2 heterocycles. The van der Waals surface area contributed by atoms with Crippen LogP contribution in [0.4, 0.5) is 0 Å². The molecule has 0 atom stereocenters. The van der Waals surface area contributed by atoms with Crippen molar-refractivity contribution in [2.75, 3.05) is 0 Å². The summed E-state index contributed by atoms with van der Waals surface area (Å²) in [4.78, 5) is 20.0. The highest BCUT2D eigenvalue weighted by molar-refractivity contribution is 7.13. The summed E-state index contributed by atoms with van der Waals surface area (Å²) in [6, 6.07) is 10.0. The van der Waals surface area contributed by atoms with Crippen molar-refractivity contribution in [2.24, 2.45) is 0 Å². The van der Waals surface area contributed by atoms with Crippen LogP contribution in [-0.2, 0) is 0 Å². The first-order chi connectivity index (χ1) is 8.75. The molecule has 0 saturated carbocycles. The van der Waals surface area contributed by atoms with Crippen LogP contribution < -0.4 is 0 Å². The average Bonchev–Trinajstić information content (AvgIpc) is 2.87. The molecule has 3 rings (SSSR count). The standard InChI is InChI=1S/C14H10N2OS/c1-9(17)12-8-18-14(16-12)13-11-5-3-2-4-10(11)6-7-15-13/h2-8H,1H3. The van der Waals surface area contributed by atoms with Gasteiger partial charge in [-0.15, -0.1) is 11.3 Å². The van der Waals surface area contributed by atoms with Crippen molar-refractivity contribution >= 4 is 27.9 Å². The van der Waals surface area contributed by atoms with Crippen molar-refractivity contribution < 1.29 is 4.79 Å². The molecule has 0 radical (unpaired) electrons. The zero-order valence-corrected chi connectivity index (χ0v) is 10.6. The molecule has 88 valence electrons. The van der Waals surface area contributed by atoms with Crippen molar-refractivity contribution in [1.29, 1.82) is 0 Å². The van der Waals surface area contributed by atoms with E-state index in [-0.39, 0.29) is 5.78 Å². The van der Waals surface area contributed by atoms with Crippen LogP contribution in [0, 0.1) is 0 Å². The second kappa shape index (κ2) is 4.31. The first kappa shape index (κ1) is 11.0. The fraction of sp³-hybridized carbons (Fsp3) is 0.0714. The second-order valence-electron chi connectivity index (χ2n) is 3.97. The highest BCUT2D eigenvalue weighted by Crippen LogP contribution is 2.28. The molecule has 0 saturated heterocycles. The van der Waals surface area contributed by atoms with Crippen LogP contribution in [0.2, 0.25) is 0 Å². The number of aromatic nitrogens is 2. The number of rotatable bonds is 2. The quantitative estimate of drug-likeness (QED) is 0.657. The van der Waals surface area contributed by atoms with E-state index in [1.807, 2.05) is 30.3 Å². The number of thiazole rings is 1. The van der Waals surface area contributed by atoms with Crippen molar-refractivity contribution in [3.05, 3.63) is 47.6 Å². The molecule has 2 aromatic heterocycles. The smallest absolute Gasteiger partial charge is 0.178 e. The Morgan fingerprint density at radius 2 is 2.06 bits per heavy atom. The topological polar surface area (TPSA) is 42.9 Å². The zero-order valence-electron chi connectivity index (χ0n) is 9.75. The van der Waals surface area contributed by atoms with Gasteiger partial charge in [-0.1, -0.05) is 24.3 Å². The molecule has 3 aromatic rings. The normalized spacial score (nSPS) is 10.7. The molecule has 18 heavy (non-hydrogen) atoms. The maximum absolute atomic E-state index is 11.3. The Bertz CT molecular complexity index is 728. The minimum atomic E-state index is -0.0160. The molecule has 4 heteroatoms. The number of fused-ring (bicyclic) bond motifs is 1. The maximum atomic E-state index is 11.3. The van der Waals surface area contributed by atoms with E-state index < -0.39 is 0 Å². The van der Waals surface area contributed by atoms with Crippen LogP contribution in [0.15, 0.2) is 41.9 Å². The van der Waals surface area contributed by atoms with Gasteiger partial charge in [-0.2, -0.15) is 0 Å². The Balaban J connectivity index is 2.21. The molecule has 0 bridgehead atoms. The number of carbonyl (C=O) groups is 1. The van der Waals surface area contributed by atoms with E-state index in [0.29, 0.717) is 5.69 Å². The predicted molar refractivity (Wildman–Crippen MR) is 72.9 cm³/mol. The van der Waals surface area contributed by atoms with Gasteiger partial charge in [-0.05, 0) is 11.5 Å². The number of pyridine rings is 1. The van der Waals surface area contributed by atoms with Crippen LogP contribution >= 0.6 is 11.3 Å². The Morgan fingerprint density at radius 3 is 2.83 bits per heavy atom. The molecule has 0 fully saturated rings. The predicted octanol–water partition coefficient (Wildman–Crippen LogP) is 3.56. The van der Waals surface area contributed by atoms with Gasteiger partial charge in [0, 0.05) is 23.9 Å². The van der Waals surface area contributed by atoms with Gasteiger partial charge in [0.1, 0.15) is 16.4 Å². The zero-order chi connectivity index (χ0) is 12.5. The van der Waals surface area contributed by atoms with Crippen molar-refractivity contribution in [2.45, 2.75) is 6.92 Å². The Kier molecular flexibility index (Phi) is 2.64. The van der Waals surface area contributed by atoms with Gasteiger partial charge in [0.2, 0.25) is 0 Å². The van der Waals surface area contributed by atoms with Crippen LogP contribution in [0.3, 0.4) is 0 Å². The average molecular weight is 254 g/mol. The summed E-state index contributed by atoms with van der Waals surface area (Å²) in [5.74, 6) is -0.0160. The molecular weight excluding hydrogens is 244 g/mol. The summed E-state index contributed by atoms with van der Waals surface area (Å²) in [5, 5.41) is 4.75. The van der Waals surface area contributed by atoms with E-state index in [1.54, 1.807) is 11.6 Å². The van der Waals surface area contributed by atoms with E-state index in [9.17, 15) is 4.79 Å². The Morgan fingerprint density at radius 1 is 1.22 bits per heavy atom. The van der Waals surface area contributed by atoms with Gasteiger partial charge >= 0.3 is 0 Å². The molecule has 0 unspecified atom stereocenters. The number of Topliss-reactive ketones (excluding diaryl/α,β-unsaturated/α-hetero) is 1. The summed E-state index contributed by atoms with van der Waals surface area (Å²) in [6.45, 7) is 1.52. The molecule has 0 N–H and O–H groups in total. The molecule has 0 spiro atoms. The summed E-state index contributed by atoms with van der Waals surface area (Å²) < 4.78 is 0. The van der Waals surface area contributed by atoms with E-state index in [1.165, 1.54) is 18.3 Å². The lowest BCUT2D eigenvalue weighted by Crippen LogP contribution is -1.92. The third-order valence-corrected chi connectivity index (χ3v) is 3.59. The lowest BCUT2D eigenvalue weighted by Gasteiger charge is -2.01. The highest BCUT2D eigenvalue weighted by Gasteiger charge is 2.11. The molecule has 0 amide bonds. The first-order valence-corrected chi connectivity index (χ1v) is 6.44. The number of ketones is 1. The summed E-state index contributed by atoms with van der Waals surface area (Å²) in [6.07, 6.45) is 1.77. The van der Waals surface area contributed by atoms with Crippen molar-refractivity contribution in [3.8, 4) is 10.7 Å². The maximum Gasteiger partial charge on any atom is 0.178 e. The van der Waals surface area contributed by atoms with E-state index in [0.717, 1.165) is 21.5 Å². The van der Waals surface area contributed by atoms with E-state index >= 15 is 0 Å². The molecule has 3 nitrogen and oxygen atoms in total. The summed E-state index contributed by atoms with van der Waals surface area (Å²) in [7, 11) is 0. The lowest BCUT2D eigenvalue weighted by molar-refractivity contribution is 0.101. The van der Waals surface area contributed by atoms with Gasteiger partial charge in [0.05, 0.1) is 0 Å². The van der Waals surface area contributed by atoms with Crippen LogP contribution in [0.1, 0.15) is 17.4 Å². The SMILES string of the molecule is CC(=O)c1csc(-c2nccc3ccccc23)n1. The van der Waals surface area contributed by atoms with E-state index in [4.69, 9.17) is 0 Å². The fourth-order valence-corrected chi connectivity index (χ4v) is 2.70. The number of hydrogen-bond acceptors (Lipinski definition) is 4. The third-order valence-electron chi connectivity index (χ3n) is 2.74. The fourth-order valence-electron chi connectivity index (χ4n) is 1.83. The monoisotopic (exact) mass is 254 g/mol. The van der Waals surface area contributed by atoms with Gasteiger partial charge in [-0.25, -0.2) is 4.98 Å². The minimum absolute atomic E-state index is 0.0160. The second-order valence-corrected chi connectivity index (χ2v) is 4.83. The minimum Gasteiger partial charge on any atom is -0.293 e. The number of nitrogens with zero attached hydrogens (tertiary/aromatic N) is 2. The molecule has 0 aliphatic carbocycles. The summed E-state index contributed by atoms with van der Waals surface area (Å²) in [5.41, 5.74) is 1.34. The molecular formula is C14H10N2OS. The number of hydrogen-bond donors (Lipinski definition) is 0. The van der Waals surface area contributed by atoms with Gasteiger partial charge in [-0.3, -0.25) is 9.78 Å². The van der Waals surface area contributed by atoms with Gasteiger partial charge in [0.25, 0.3) is 0 Å². The van der Waals surface area contributed by atoms with E-state index in [2.05, 4.69) is 9.97 Å². The summed E-state index contributed by atoms with van der Waals surface area (Å²) >= 11 is 1.45. The highest BCUT2D eigenvalue weighted by atomic mass is 32.1.